The molecule has 130 valence electrons. The molecule has 0 spiro atoms. The summed E-state index contributed by atoms with van der Waals surface area (Å²) in [5.41, 5.74) is 5.07. The highest BCUT2D eigenvalue weighted by Crippen LogP contribution is 2.29. The number of aromatic nitrogens is 2. The fraction of sp³-hybridized carbons (Fsp3) is 0.143. The molecule has 2 aromatic heterocycles. The third kappa shape index (κ3) is 2.91. The van der Waals surface area contributed by atoms with E-state index < -0.39 is 5.97 Å². The molecule has 4 nitrogen and oxygen atoms in total. The molecule has 0 unspecified atom stereocenters. The molecule has 0 bridgehead atoms. The zero-order valence-electron chi connectivity index (χ0n) is 14.3. The molecule has 0 saturated carbocycles. The topological polar surface area (TPSA) is 54.6 Å². The number of aromatic carboxylic acids is 1. The number of benzene rings is 2. The van der Waals surface area contributed by atoms with Crippen LogP contribution in [-0.2, 0) is 6.42 Å². The smallest absolute Gasteiger partial charge is 0.347 e. The van der Waals surface area contributed by atoms with Crippen LogP contribution in [0.2, 0.25) is 0 Å². The van der Waals surface area contributed by atoms with Crippen molar-refractivity contribution in [2.24, 2.45) is 0 Å². The summed E-state index contributed by atoms with van der Waals surface area (Å²) >= 11 is 1.24. The third-order valence-electron chi connectivity index (χ3n) is 4.39. The van der Waals surface area contributed by atoms with Gasteiger partial charge in [-0.3, -0.25) is 4.40 Å². The van der Waals surface area contributed by atoms with Crippen molar-refractivity contribution in [3.63, 3.8) is 0 Å². The Labute approximate surface area is 155 Å². The van der Waals surface area contributed by atoms with E-state index in [1.807, 2.05) is 28.8 Å². The molecule has 0 radical (unpaired) electrons. The first kappa shape index (κ1) is 16.5. The van der Waals surface area contributed by atoms with Gasteiger partial charge < -0.3 is 5.11 Å². The molecule has 26 heavy (non-hydrogen) atoms. The molecule has 5 heteroatoms. The number of hydrogen-bond donors (Lipinski definition) is 1. The average molecular weight is 362 g/mol. The van der Waals surface area contributed by atoms with E-state index in [2.05, 4.69) is 48.3 Å². The molecule has 0 atom stereocenters. The summed E-state index contributed by atoms with van der Waals surface area (Å²) in [5.74, 6) is -0.877. The van der Waals surface area contributed by atoms with Gasteiger partial charge in [-0.2, -0.15) is 0 Å². The van der Waals surface area contributed by atoms with Crippen molar-refractivity contribution in [1.82, 2.24) is 9.38 Å². The monoisotopic (exact) mass is 362 g/mol. The largest absolute Gasteiger partial charge is 0.477 e. The van der Waals surface area contributed by atoms with E-state index in [4.69, 9.17) is 0 Å². The van der Waals surface area contributed by atoms with E-state index in [0.29, 0.717) is 4.88 Å². The molecule has 0 aliphatic carbocycles. The van der Waals surface area contributed by atoms with Crippen molar-refractivity contribution in [1.29, 1.82) is 0 Å². The van der Waals surface area contributed by atoms with Crippen molar-refractivity contribution >= 4 is 22.3 Å². The van der Waals surface area contributed by atoms with Crippen LogP contribution in [0.25, 0.3) is 27.3 Å². The number of rotatable bonds is 5. The summed E-state index contributed by atoms with van der Waals surface area (Å²) < 4.78 is 1.93. The number of carboxylic acids is 1. The summed E-state index contributed by atoms with van der Waals surface area (Å²) in [6.45, 7) is 2.05. The predicted octanol–water partition coefficient (Wildman–Crippen LogP) is 5.38. The Morgan fingerprint density at radius 3 is 2.35 bits per heavy atom. The third-order valence-corrected chi connectivity index (χ3v) is 5.47. The number of thiazole rings is 1. The molecule has 4 aromatic rings. The summed E-state index contributed by atoms with van der Waals surface area (Å²) in [6.07, 6.45) is 3.57. The molecule has 0 amide bonds. The maximum Gasteiger partial charge on any atom is 0.347 e. The fourth-order valence-corrected chi connectivity index (χ4v) is 4.12. The number of aryl methyl sites for hydroxylation is 1. The van der Waals surface area contributed by atoms with Gasteiger partial charge in [0.05, 0.1) is 5.69 Å². The summed E-state index contributed by atoms with van der Waals surface area (Å²) in [5, 5.41) is 9.41. The zero-order valence-corrected chi connectivity index (χ0v) is 15.2. The van der Waals surface area contributed by atoms with E-state index in [-0.39, 0.29) is 0 Å². The standard InChI is InChI=1S/C21H18N2O2S/c1-2-6-18-19(20(24)25)26-21-22-17(13-23(18)21)16-11-9-15(10-12-16)14-7-4-3-5-8-14/h3-5,7-13H,2,6H2,1H3,(H,24,25). The van der Waals surface area contributed by atoms with Crippen molar-refractivity contribution in [3.05, 3.63) is 71.4 Å². The first-order valence-corrected chi connectivity index (χ1v) is 9.39. The van der Waals surface area contributed by atoms with E-state index in [0.717, 1.165) is 40.3 Å². The van der Waals surface area contributed by atoms with Crippen LogP contribution in [0.5, 0.6) is 0 Å². The zero-order chi connectivity index (χ0) is 18.1. The Balaban J connectivity index is 1.72. The van der Waals surface area contributed by atoms with Crippen LogP contribution in [0, 0.1) is 0 Å². The van der Waals surface area contributed by atoms with Gasteiger partial charge in [0.1, 0.15) is 4.88 Å². The summed E-state index contributed by atoms with van der Waals surface area (Å²) in [4.78, 5) is 17.2. The quantitative estimate of drug-likeness (QED) is 0.518. The Bertz CT molecular complexity index is 1060. The van der Waals surface area contributed by atoms with Crippen LogP contribution in [0.3, 0.4) is 0 Å². The number of carboxylic acid groups (broad SMARTS) is 1. The lowest BCUT2D eigenvalue weighted by Crippen LogP contribution is -2.00. The molecule has 4 rings (SSSR count). The van der Waals surface area contributed by atoms with Crippen LogP contribution in [0.1, 0.15) is 28.7 Å². The van der Waals surface area contributed by atoms with Crippen LogP contribution < -0.4 is 0 Å². The van der Waals surface area contributed by atoms with Gasteiger partial charge in [0.2, 0.25) is 0 Å². The van der Waals surface area contributed by atoms with Gasteiger partial charge in [-0.25, -0.2) is 9.78 Å². The predicted molar refractivity (Wildman–Crippen MR) is 105 cm³/mol. The molecule has 2 heterocycles. The van der Waals surface area contributed by atoms with Crippen LogP contribution >= 0.6 is 11.3 Å². The maximum absolute atomic E-state index is 11.5. The molecule has 0 aliphatic heterocycles. The lowest BCUT2D eigenvalue weighted by Gasteiger charge is -2.03. The van der Waals surface area contributed by atoms with Crippen molar-refractivity contribution in [2.75, 3.05) is 0 Å². The number of imidazole rings is 1. The molecule has 2 aromatic carbocycles. The van der Waals surface area contributed by atoms with Gasteiger partial charge in [0.25, 0.3) is 0 Å². The van der Waals surface area contributed by atoms with Gasteiger partial charge in [-0.1, -0.05) is 79.3 Å². The second kappa shape index (κ2) is 6.77. The lowest BCUT2D eigenvalue weighted by molar-refractivity contribution is 0.0700. The molecular formula is C21H18N2O2S. The molecule has 0 fully saturated rings. The number of hydrogen-bond acceptors (Lipinski definition) is 3. The van der Waals surface area contributed by atoms with E-state index >= 15 is 0 Å². The van der Waals surface area contributed by atoms with Gasteiger partial charge in [-0.15, -0.1) is 0 Å². The van der Waals surface area contributed by atoms with Gasteiger partial charge in [-0.05, 0) is 17.5 Å². The minimum absolute atomic E-state index is 0.389. The first-order chi connectivity index (χ1) is 12.7. The molecule has 1 N–H and O–H groups in total. The normalized spacial score (nSPS) is 11.1. The van der Waals surface area contributed by atoms with Gasteiger partial charge in [0, 0.05) is 17.5 Å². The van der Waals surface area contributed by atoms with Crippen LogP contribution in [-0.4, -0.2) is 20.5 Å². The van der Waals surface area contributed by atoms with E-state index in [9.17, 15) is 9.90 Å². The molecule has 0 aliphatic rings. The van der Waals surface area contributed by atoms with Gasteiger partial charge in [0.15, 0.2) is 4.96 Å². The summed E-state index contributed by atoms with van der Waals surface area (Å²) in [7, 11) is 0. The highest BCUT2D eigenvalue weighted by molar-refractivity contribution is 7.19. The molecule has 0 saturated heterocycles. The highest BCUT2D eigenvalue weighted by atomic mass is 32.1. The lowest BCUT2D eigenvalue weighted by atomic mass is 10.0. The van der Waals surface area contributed by atoms with E-state index in [1.54, 1.807) is 0 Å². The minimum Gasteiger partial charge on any atom is -0.477 e. The summed E-state index contributed by atoms with van der Waals surface area (Å²) in [6, 6.07) is 18.6. The van der Waals surface area contributed by atoms with Crippen LogP contribution in [0.15, 0.2) is 60.8 Å². The van der Waals surface area contributed by atoms with Crippen molar-refractivity contribution < 1.29 is 9.90 Å². The Morgan fingerprint density at radius 1 is 1.04 bits per heavy atom. The van der Waals surface area contributed by atoms with Gasteiger partial charge >= 0.3 is 5.97 Å². The Hall–Kier alpha value is -2.92. The number of nitrogens with zero attached hydrogens (tertiary/aromatic N) is 2. The Morgan fingerprint density at radius 2 is 1.69 bits per heavy atom. The molecular weight excluding hydrogens is 344 g/mol. The SMILES string of the molecule is CCCc1c(C(=O)O)sc2nc(-c3ccc(-c4ccccc4)cc3)cn12. The second-order valence-electron chi connectivity index (χ2n) is 6.16. The van der Waals surface area contributed by atoms with E-state index in [1.165, 1.54) is 16.9 Å². The first-order valence-electron chi connectivity index (χ1n) is 8.57. The number of fused-ring (bicyclic) bond motifs is 1. The minimum atomic E-state index is -0.877. The average Bonchev–Trinajstić information content (AvgIpc) is 3.22. The highest BCUT2D eigenvalue weighted by Gasteiger charge is 2.19. The Kier molecular flexibility index (Phi) is 4.31. The van der Waals surface area contributed by atoms with Crippen LogP contribution in [0.4, 0.5) is 0 Å². The van der Waals surface area contributed by atoms with Crippen molar-refractivity contribution in [3.8, 4) is 22.4 Å². The second-order valence-corrected chi connectivity index (χ2v) is 7.13. The number of carbonyl (C=O) groups is 1. The fourth-order valence-electron chi connectivity index (χ4n) is 3.13. The maximum atomic E-state index is 11.5. The van der Waals surface area contributed by atoms with Crippen molar-refractivity contribution in [2.45, 2.75) is 19.8 Å².